The largest absolute Gasteiger partial charge is 0.444 e. The molecular weight excluding hydrogens is 236 g/mol. The molecule has 0 aromatic rings. The standard InChI is InChI=1S/C12H24N2O4/c1-12(2,3)18-11(16)14-7-6-9(8-14)10(15)13(4)17-5/h9-10,15H,6-8H2,1-5H3. The summed E-state index contributed by atoms with van der Waals surface area (Å²) in [6.07, 6.45) is -0.284. The number of hydrogen-bond donors (Lipinski definition) is 1. The minimum absolute atomic E-state index is 0.0116. The maximum atomic E-state index is 11.8. The fourth-order valence-electron chi connectivity index (χ4n) is 1.93. The maximum absolute atomic E-state index is 11.8. The van der Waals surface area contributed by atoms with Crippen molar-refractivity contribution in [2.24, 2.45) is 5.92 Å². The zero-order valence-corrected chi connectivity index (χ0v) is 11.8. The van der Waals surface area contributed by atoms with Crippen molar-refractivity contribution in [2.75, 3.05) is 27.2 Å². The summed E-state index contributed by atoms with van der Waals surface area (Å²) in [5, 5.41) is 11.4. The molecule has 0 spiro atoms. The van der Waals surface area contributed by atoms with Gasteiger partial charge in [0.05, 0.1) is 7.11 Å². The fraction of sp³-hybridized carbons (Fsp3) is 0.917. The summed E-state index contributed by atoms with van der Waals surface area (Å²) in [7, 11) is 3.17. The molecule has 1 fully saturated rings. The number of hydrogen-bond acceptors (Lipinski definition) is 5. The number of nitrogens with zero attached hydrogens (tertiary/aromatic N) is 2. The monoisotopic (exact) mass is 260 g/mol. The van der Waals surface area contributed by atoms with Gasteiger partial charge in [0.15, 0.2) is 0 Å². The quantitative estimate of drug-likeness (QED) is 0.607. The van der Waals surface area contributed by atoms with E-state index in [4.69, 9.17) is 9.57 Å². The van der Waals surface area contributed by atoms with Crippen LogP contribution in [0.1, 0.15) is 27.2 Å². The van der Waals surface area contributed by atoms with Crippen LogP contribution in [0.15, 0.2) is 0 Å². The Kier molecular flexibility index (Phi) is 4.95. The Balaban J connectivity index is 2.48. The lowest BCUT2D eigenvalue weighted by molar-refractivity contribution is -0.218. The van der Waals surface area contributed by atoms with E-state index < -0.39 is 11.8 Å². The second kappa shape index (κ2) is 5.86. The first-order valence-electron chi connectivity index (χ1n) is 6.17. The Hall–Kier alpha value is -0.850. The predicted molar refractivity (Wildman–Crippen MR) is 66.7 cm³/mol. The fourth-order valence-corrected chi connectivity index (χ4v) is 1.93. The molecule has 106 valence electrons. The van der Waals surface area contributed by atoms with E-state index >= 15 is 0 Å². The highest BCUT2D eigenvalue weighted by molar-refractivity contribution is 5.68. The smallest absolute Gasteiger partial charge is 0.410 e. The molecule has 0 aromatic carbocycles. The van der Waals surface area contributed by atoms with Gasteiger partial charge in [0.2, 0.25) is 0 Å². The first-order chi connectivity index (χ1) is 8.24. The molecule has 1 N–H and O–H groups in total. The van der Waals surface area contributed by atoms with Gasteiger partial charge < -0.3 is 19.6 Å². The van der Waals surface area contributed by atoms with Crippen LogP contribution in [0.25, 0.3) is 0 Å². The molecule has 1 saturated heterocycles. The number of carbonyl (C=O) groups excluding carboxylic acids is 1. The van der Waals surface area contributed by atoms with Gasteiger partial charge in [0.25, 0.3) is 0 Å². The third-order valence-corrected chi connectivity index (χ3v) is 2.96. The van der Waals surface area contributed by atoms with Crippen molar-refractivity contribution >= 4 is 6.09 Å². The highest BCUT2D eigenvalue weighted by Crippen LogP contribution is 2.23. The van der Waals surface area contributed by atoms with Crippen LogP contribution in [-0.4, -0.2) is 60.2 Å². The van der Waals surface area contributed by atoms with Gasteiger partial charge in [0, 0.05) is 26.1 Å². The Morgan fingerprint density at radius 1 is 1.50 bits per heavy atom. The molecule has 6 heteroatoms. The molecule has 0 bridgehead atoms. The minimum Gasteiger partial charge on any atom is -0.444 e. The summed E-state index contributed by atoms with van der Waals surface area (Å²) in [6, 6.07) is 0. The summed E-state index contributed by atoms with van der Waals surface area (Å²) in [4.78, 5) is 18.4. The SMILES string of the molecule is CON(C)C(O)C1CCN(C(=O)OC(C)(C)C)C1. The van der Waals surface area contributed by atoms with Crippen LogP contribution in [0.3, 0.4) is 0 Å². The molecule has 1 aliphatic heterocycles. The van der Waals surface area contributed by atoms with Crippen molar-refractivity contribution in [3.63, 3.8) is 0 Å². The highest BCUT2D eigenvalue weighted by atomic mass is 16.7. The van der Waals surface area contributed by atoms with Gasteiger partial charge in [0.1, 0.15) is 11.8 Å². The molecule has 2 atom stereocenters. The number of carbonyl (C=O) groups is 1. The van der Waals surface area contributed by atoms with E-state index in [2.05, 4.69) is 0 Å². The Labute approximate surface area is 108 Å². The molecule has 1 amide bonds. The lowest BCUT2D eigenvalue weighted by Gasteiger charge is -2.27. The van der Waals surface area contributed by atoms with Crippen LogP contribution in [-0.2, 0) is 9.57 Å². The Morgan fingerprint density at radius 3 is 2.61 bits per heavy atom. The molecule has 6 nitrogen and oxygen atoms in total. The van der Waals surface area contributed by atoms with Crippen molar-refractivity contribution < 1.29 is 19.5 Å². The molecule has 0 aliphatic carbocycles. The average molecular weight is 260 g/mol. The van der Waals surface area contributed by atoms with Gasteiger partial charge in [-0.25, -0.2) is 4.79 Å². The number of aliphatic hydroxyl groups is 1. The van der Waals surface area contributed by atoms with E-state index in [9.17, 15) is 9.90 Å². The maximum Gasteiger partial charge on any atom is 0.410 e. The number of ether oxygens (including phenoxy) is 1. The van der Waals surface area contributed by atoms with Gasteiger partial charge in [-0.05, 0) is 27.2 Å². The average Bonchev–Trinajstić information content (AvgIpc) is 2.73. The Morgan fingerprint density at radius 2 is 2.11 bits per heavy atom. The summed E-state index contributed by atoms with van der Waals surface area (Å²) in [5.41, 5.74) is -0.489. The lowest BCUT2D eigenvalue weighted by atomic mass is 10.1. The van der Waals surface area contributed by atoms with Gasteiger partial charge >= 0.3 is 6.09 Å². The van der Waals surface area contributed by atoms with Crippen molar-refractivity contribution in [3.05, 3.63) is 0 Å². The number of likely N-dealkylation sites (tertiary alicyclic amines) is 1. The second-order valence-electron chi connectivity index (χ2n) is 5.62. The second-order valence-corrected chi connectivity index (χ2v) is 5.62. The summed E-state index contributed by atoms with van der Waals surface area (Å²) in [5.74, 6) is -0.0116. The van der Waals surface area contributed by atoms with E-state index in [1.807, 2.05) is 20.8 Å². The molecule has 0 aromatic heterocycles. The summed E-state index contributed by atoms with van der Waals surface area (Å²) < 4.78 is 5.30. The van der Waals surface area contributed by atoms with E-state index in [0.29, 0.717) is 13.1 Å². The van der Waals surface area contributed by atoms with Crippen molar-refractivity contribution in [1.82, 2.24) is 9.96 Å². The van der Waals surface area contributed by atoms with E-state index in [1.165, 1.54) is 12.2 Å². The van der Waals surface area contributed by atoms with Crippen molar-refractivity contribution in [2.45, 2.75) is 39.0 Å². The number of rotatable bonds is 3. The number of aliphatic hydroxyl groups excluding tert-OH is 1. The van der Waals surface area contributed by atoms with Crippen LogP contribution in [0.5, 0.6) is 0 Å². The minimum atomic E-state index is -0.706. The van der Waals surface area contributed by atoms with Crippen LogP contribution < -0.4 is 0 Å². The van der Waals surface area contributed by atoms with E-state index in [-0.39, 0.29) is 12.0 Å². The van der Waals surface area contributed by atoms with Crippen LogP contribution in [0.2, 0.25) is 0 Å². The zero-order valence-electron chi connectivity index (χ0n) is 11.8. The molecule has 1 rings (SSSR count). The lowest BCUT2D eigenvalue weighted by Crippen LogP contribution is -2.40. The summed E-state index contributed by atoms with van der Waals surface area (Å²) >= 11 is 0. The molecule has 2 unspecified atom stereocenters. The van der Waals surface area contributed by atoms with Gasteiger partial charge in [-0.15, -0.1) is 0 Å². The van der Waals surface area contributed by atoms with Crippen molar-refractivity contribution in [1.29, 1.82) is 0 Å². The molecule has 1 heterocycles. The summed E-state index contributed by atoms with van der Waals surface area (Å²) in [6.45, 7) is 6.61. The van der Waals surface area contributed by atoms with Crippen molar-refractivity contribution in [3.8, 4) is 0 Å². The normalized spacial score (nSPS) is 22.4. The first-order valence-corrected chi connectivity index (χ1v) is 6.17. The Bertz CT molecular complexity index is 290. The third-order valence-electron chi connectivity index (χ3n) is 2.96. The van der Waals surface area contributed by atoms with Gasteiger partial charge in [-0.3, -0.25) is 0 Å². The van der Waals surface area contributed by atoms with Gasteiger partial charge in [-0.2, -0.15) is 5.06 Å². The number of hydroxylamine groups is 2. The molecule has 0 radical (unpaired) electrons. The molecule has 0 saturated carbocycles. The predicted octanol–water partition coefficient (Wildman–Crippen LogP) is 1.05. The number of amides is 1. The highest BCUT2D eigenvalue weighted by Gasteiger charge is 2.34. The third kappa shape index (κ3) is 4.12. The molecule has 1 aliphatic rings. The van der Waals surface area contributed by atoms with E-state index in [0.717, 1.165) is 6.42 Å². The molecular formula is C12H24N2O4. The van der Waals surface area contributed by atoms with Crippen LogP contribution >= 0.6 is 0 Å². The first kappa shape index (κ1) is 15.2. The van der Waals surface area contributed by atoms with Gasteiger partial charge in [-0.1, -0.05) is 0 Å². The topological polar surface area (TPSA) is 62.2 Å². The van der Waals surface area contributed by atoms with Crippen LogP contribution in [0, 0.1) is 5.92 Å². The molecule has 18 heavy (non-hydrogen) atoms. The van der Waals surface area contributed by atoms with E-state index in [1.54, 1.807) is 11.9 Å². The van der Waals surface area contributed by atoms with Crippen LogP contribution in [0.4, 0.5) is 4.79 Å². The zero-order chi connectivity index (χ0) is 13.9.